The summed E-state index contributed by atoms with van der Waals surface area (Å²) in [6.07, 6.45) is -0.0953. The van der Waals surface area contributed by atoms with Crippen LogP contribution < -0.4 is 0 Å². The summed E-state index contributed by atoms with van der Waals surface area (Å²) in [5.74, 6) is -0.215. The highest BCUT2D eigenvalue weighted by Gasteiger charge is 2.29. The molecule has 1 aliphatic heterocycles. The number of nitrogens with one attached hydrogen (secondary N) is 2. The Hall–Kier alpha value is -1.96. The average molecular weight is 314 g/mol. The van der Waals surface area contributed by atoms with Crippen LogP contribution in [0.25, 0.3) is 0 Å². The van der Waals surface area contributed by atoms with E-state index in [0.717, 1.165) is 6.61 Å². The standard InChI is InChI=1S/C11H18N4O3.C3H8O/c1-11(2,3)18-10(17)14-4-5-15(8(12)6-14)9(13)7-16;1-3-4-2/h7,12-13H,4-6H2,1-3H3;3H2,1-2H3. The van der Waals surface area contributed by atoms with Crippen LogP contribution in [0.15, 0.2) is 0 Å². The summed E-state index contributed by atoms with van der Waals surface area (Å²) in [6.45, 7) is 8.73. The Morgan fingerprint density at radius 1 is 1.36 bits per heavy atom. The number of ether oxygens (including phenoxy) is 2. The van der Waals surface area contributed by atoms with Crippen LogP contribution in [0.4, 0.5) is 4.79 Å². The molecule has 1 heterocycles. The molecule has 0 saturated carbocycles. The van der Waals surface area contributed by atoms with Gasteiger partial charge in [0.15, 0.2) is 12.1 Å². The van der Waals surface area contributed by atoms with Gasteiger partial charge in [0.1, 0.15) is 11.4 Å². The van der Waals surface area contributed by atoms with Crippen molar-refractivity contribution in [3.63, 3.8) is 0 Å². The van der Waals surface area contributed by atoms with E-state index in [1.807, 2.05) is 6.92 Å². The normalized spacial score (nSPS) is 14.9. The number of hydrogen-bond acceptors (Lipinski definition) is 6. The number of amidine groups is 2. The van der Waals surface area contributed by atoms with Crippen LogP contribution in [0.2, 0.25) is 0 Å². The smallest absolute Gasteiger partial charge is 0.410 e. The van der Waals surface area contributed by atoms with Crippen LogP contribution in [0, 0.1) is 10.8 Å². The molecule has 0 aromatic rings. The lowest BCUT2D eigenvalue weighted by Crippen LogP contribution is -2.54. The third kappa shape index (κ3) is 7.16. The van der Waals surface area contributed by atoms with Crippen molar-refractivity contribution in [1.29, 1.82) is 10.8 Å². The predicted molar refractivity (Wildman–Crippen MR) is 83.6 cm³/mol. The lowest BCUT2D eigenvalue weighted by Gasteiger charge is -2.35. The van der Waals surface area contributed by atoms with Crippen molar-refractivity contribution >= 4 is 24.1 Å². The summed E-state index contributed by atoms with van der Waals surface area (Å²) in [5, 5.41) is 15.1. The fraction of sp³-hybridized carbons (Fsp3) is 0.714. The number of nitrogens with zero attached hydrogens (tertiary/aromatic N) is 2. The second kappa shape index (κ2) is 9.14. The van der Waals surface area contributed by atoms with E-state index in [1.54, 1.807) is 27.9 Å². The van der Waals surface area contributed by atoms with Crippen LogP contribution in [-0.4, -0.2) is 72.8 Å². The van der Waals surface area contributed by atoms with Gasteiger partial charge in [0.2, 0.25) is 0 Å². The third-order valence-corrected chi connectivity index (χ3v) is 2.60. The van der Waals surface area contributed by atoms with E-state index in [4.69, 9.17) is 15.6 Å². The highest BCUT2D eigenvalue weighted by Crippen LogP contribution is 2.12. The molecule has 0 aromatic carbocycles. The molecule has 126 valence electrons. The maximum absolute atomic E-state index is 11.8. The number of amides is 1. The largest absolute Gasteiger partial charge is 0.444 e. The molecule has 2 N–H and O–H groups in total. The van der Waals surface area contributed by atoms with Crippen molar-refractivity contribution in [3.8, 4) is 0 Å². The van der Waals surface area contributed by atoms with Gasteiger partial charge in [0, 0.05) is 26.8 Å². The second-order valence-corrected chi connectivity index (χ2v) is 5.58. The molecule has 0 aliphatic carbocycles. The van der Waals surface area contributed by atoms with Crippen molar-refractivity contribution in [3.05, 3.63) is 0 Å². The molecular formula is C14H26N4O4. The van der Waals surface area contributed by atoms with Gasteiger partial charge in [-0.3, -0.25) is 20.5 Å². The van der Waals surface area contributed by atoms with Crippen LogP contribution in [0.3, 0.4) is 0 Å². The molecule has 0 aromatic heterocycles. The minimum Gasteiger partial charge on any atom is -0.444 e. The quantitative estimate of drug-likeness (QED) is 0.454. The first-order valence-electron chi connectivity index (χ1n) is 7.01. The highest BCUT2D eigenvalue weighted by atomic mass is 16.6. The van der Waals surface area contributed by atoms with Gasteiger partial charge in [0.25, 0.3) is 0 Å². The Kier molecular flexibility index (Phi) is 8.32. The summed E-state index contributed by atoms with van der Waals surface area (Å²) < 4.78 is 9.74. The Labute approximate surface area is 131 Å². The average Bonchev–Trinajstić information content (AvgIpc) is 2.44. The number of aldehydes is 1. The molecule has 0 bridgehead atoms. The van der Waals surface area contributed by atoms with Gasteiger partial charge in [-0.15, -0.1) is 0 Å². The lowest BCUT2D eigenvalue weighted by atomic mass is 10.2. The minimum atomic E-state index is -0.577. The van der Waals surface area contributed by atoms with E-state index in [-0.39, 0.29) is 24.8 Å². The summed E-state index contributed by atoms with van der Waals surface area (Å²) >= 11 is 0. The van der Waals surface area contributed by atoms with Crippen molar-refractivity contribution in [2.75, 3.05) is 33.4 Å². The Bertz CT molecular complexity index is 416. The van der Waals surface area contributed by atoms with Gasteiger partial charge in [-0.25, -0.2) is 4.79 Å². The summed E-state index contributed by atoms with van der Waals surface area (Å²) in [5.41, 5.74) is -0.577. The Morgan fingerprint density at radius 2 is 1.91 bits per heavy atom. The zero-order valence-electron chi connectivity index (χ0n) is 13.9. The Balaban J connectivity index is 0.000000980. The molecule has 1 amide bonds. The third-order valence-electron chi connectivity index (χ3n) is 2.60. The molecule has 8 heteroatoms. The molecule has 0 radical (unpaired) electrons. The predicted octanol–water partition coefficient (Wildman–Crippen LogP) is 1.35. The highest BCUT2D eigenvalue weighted by molar-refractivity contribution is 6.29. The first-order valence-corrected chi connectivity index (χ1v) is 7.01. The Morgan fingerprint density at radius 3 is 2.27 bits per heavy atom. The number of carbonyl (C=O) groups excluding carboxylic acids is 2. The SMILES string of the molecule is CC(C)(C)OC(=O)N1CCN(C(=N)C=O)C(=N)C1.CCOC. The van der Waals surface area contributed by atoms with Gasteiger partial charge >= 0.3 is 6.09 Å². The van der Waals surface area contributed by atoms with E-state index < -0.39 is 11.7 Å². The first-order chi connectivity index (χ1) is 10.2. The number of methoxy groups -OCH3 is 1. The van der Waals surface area contributed by atoms with Crippen LogP contribution >= 0.6 is 0 Å². The number of carbonyl (C=O) groups is 2. The van der Waals surface area contributed by atoms with Crippen molar-refractivity contribution < 1.29 is 19.1 Å². The van der Waals surface area contributed by atoms with Gasteiger partial charge in [0.05, 0.1) is 6.54 Å². The van der Waals surface area contributed by atoms with Gasteiger partial charge in [-0.05, 0) is 27.7 Å². The summed E-state index contributed by atoms with van der Waals surface area (Å²) in [4.78, 5) is 24.9. The number of piperazine rings is 1. The molecule has 1 aliphatic rings. The molecule has 22 heavy (non-hydrogen) atoms. The second-order valence-electron chi connectivity index (χ2n) is 5.58. The van der Waals surface area contributed by atoms with Gasteiger partial charge in [-0.2, -0.15) is 0 Å². The van der Waals surface area contributed by atoms with Crippen LogP contribution in [-0.2, 0) is 14.3 Å². The molecule has 1 saturated heterocycles. The van der Waals surface area contributed by atoms with Gasteiger partial charge in [-0.1, -0.05) is 0 Å². The van der Waals surface area contributed by atoms with Crippen LogP contribution in [0.5, 0.6) is 0 Å². The maximum Gasteiger partial charge on any atom is 0.410 e. The topological polar surface area (TPSA) is 107 Å². The number of rotatable bonds is 2. The zero-order chi connectivity index (χ0) is 17.3. The monoisotopic (exact) mass is 314 g/mol. The van der Waals surface area contributed by atoms with E-state index in [0.29, 0.717) is 12.8 Å². The van der Waals surface area contributed by atoms with Crippen molar-refractivity contribution in [1.82, 2.24) is 9.80 Å². The van der Waals surface area contributed by atoms with E-state index in [1.165, 1.54) is 9.80 Å². The van der Waals surface area contributed by atoms with E-state index >= 15 is 0 Å². The summed E-state index contributed by atoms with van der Waals surface area (Å²) in [6, 6.07) is 0. The maximum atomic E-state index is 11.8. The summed E-state index contributed by atoms with van der Waals surface area (Å²) in [7, 11) is 1.68. The molecular weight excluding hydrogens is 288 g/mol. The van der Waals surface area contributed by atoms with E-state index in [2.05, 4.69) is 4.74 Å². The van der Waals surface area contributed by atoms with Crippen molar-refractivity contribution in [2.45, 2.75) is 33.3 Å². The molecule has 1 rings (SSSR count). The molecule has 1 fully saturated rings. The molecule has 0 spiro atoms. The molecule has 8 nitrogen and oxygen atoms in total. The minimum absolute atomic E-state index is 0.0456. The molecule has 0 atom stereocenters. The van der Waals surface area contributed by atoms with Crippen molar-refractivity contribution in [2.24, 2.45) is 0 Å². The first kappa shape index (κ1) is 20.0. The van der Waals surface area contributed by atoms with E-state index in [9.17, 15) is 9.59 Å². The van der Waals surface area contributed by atoms with Crippen LogP contribution in [0.1, 0.15) is 27.7 Å². The van der Waals surface area contributed by atoms with Gasteiger partial charge < -0.3 is 14.4 Å². The fourth-order valence-corrected chi connectivity index (χ4v) is 1.51. The fourth-order valence-electron chi connectivity index (χ4n) is 1.51. The zero-order valence-corrected chi connectivity index (χ0v) is 13.9. The number of hydrogen-bond donors (Lipinski definition) is 2. The lowest BCUT2D eigenvalue weighted by molar-refractivity contribution is -0.103. The molecule has 0 unspecified atom stereocenters.